The molecule has 0 saturated carbocycles. The number of pyridine rings is 1. The van der Waals surface area contributed by atoms with E-state index in [-0.39, 0.29) is 11.2 Å². The number of carbonyl (C=O) groups excluding carboxylic acids is 1. The molecule has 1 atom stereocenters. The quantitative estimate of drug-likeness (QED) is 0.605. The van der Waals surface area contributed by atoms with Gasteiger partial charge in [-0.3, -0.25) is 9.78 Å². The minimum Gasteiger partial charge on any atom is -0.368 e. The number of thioether (sulfide) groups is 1. The lowest BCUT2D eigenvalue weighted by atomic mass is 10.2. The maximum absolute atomic E-state index is 13.0. The summed E-state index contributed by atoms with van der Waals surface area (Å²) in [5, 5.41) is 9.10. The Balaban J connectivity index is 1.36. The van der Waals surface area contributed by atoms with Crippen molar-refractivity contribution < 1.29 is 4.79 Å². The highest BCUT2D eigenvalue weighted by Gasteiger charge is 2.27. The van der Waals surface area contributed by atoms with Crippen LogP contribution < -0.4 is 4.90 Å². The second-order valence-corrected chi connectivity index (χ2v) is 8.32. The number of nitrogens with zero attached hydrogens (tertiary/aromatic N) is 6. The van der Waals surface area contributed by atoms with E-state index in [1.54, 1.807) is 12.4 Å². The Bertz CT molecular complexity index is 954. The lowest BCUT2D eigenvalue weighted by Gasteiger charge is -2.37. The van der Waals surface area contributed by atoms with E-state index >= 15 is 0 Å². The number of amides is 1. The number of hydrogen-bond donors (Lipinski definition) is 0. The monoisotopic (exact) mass is 408 g/mol. The van der Waals surface area contributed by atoms with Crippen LogP contribution in [0.4, 0.5) is 5.69 Å². The van der Waals surface area contributed by atoms with Crippen LogP contribution in [0.3, 0.4) is 0 Å². The molecule has 7 nitrogen and oxygen atoms in total. The molecule has 4 rings (SSSR count). The minimum absolute atomic E-state index is 0.149. The van der Waals surface area contributed by atoms with Crippen molar-refractivity contribution in [2.45, 2.75) is 17.3 Å². The minimum atomic E-state index is -0.216. The Kier molecular flexibility index (Phi) is 5.80. The Morgan fingerprint density at radius 1 is 1.00 bits per heavy atom. The summed E-state index contributed by atoms with van der Waals surface area (Å²) in [5.74, 6) is 0.919. The molecule has 3 heterocycles. The third-order valence-electron chi connectivity index (χ3n) is 5.12. The maximum Gasteiger partial charge on any atom is 0.236 e. The summed E-state index contributed by atoms with van der Waals surface area (Å²) in [6.07, 6.45) is 3.47. The molecule has 0 N–H and O–H groups in total. The topological polar surface area (TPSA) is 67.2 Å². The largest absolute Gasteiger partial charge is 0.368 e. The van der Waals surface area contributed by atoms with E-state index in [1.165, 1.54) is 17.4 Å². The molecular weight excluding hydrogens is 384 g/mol. The highest BCUT2D eigenvalue weighted by atomic mass is 32.2. The van der Waals surface area contributed by atoms with Crippen molar-refractivity contribution >= 4 is 23.4 Å². The Hall–Kier alpha value is -2.87. The van der Waals surface area contributed by atoms with Crippen molar-refractivity contribution in [3.05, 3.63) is 54.9 Å². The van der Waals surface area contributed by atoms with Crippen LogP contribution in [0.2, 0.25) is 0 Å². The van der Waals surface area contributed by atoms with E-state index < -0.39 is 0 Å². The number of carbonyl (C=O) groups is 1. The highest BCUT2D eigenvalue weighted by Crippen LogP contribution is 2.27. The van der Waals surface area contributed by atoms with Crippen LogP contribution in [0, 0.1) is 0 Å². The van der Waals surface area contributed by atoms with Gasteiger partial charge in [-0.15, -0.1) is 10.2 Å². The first kappa shape index (κ1) is 19.4. The lowest BCUT2D eigenvalue weighted by molar-refractivity contribution is -0.130. The molecule has 0 radical (unpaired) electrons. The van der Waals surface area contributed by atoms with Gasteiger partial charge in [-0.1, -0.05) is 30.0 Å². The zero-order chi connectivity index (χ0) is 20.2. The smallest absolute Gasteiger partial charge is 0.236 e. The van der Waals surface area contributed by atoms with Gasteiger partial charge in [-0.2, -0.15) is 0 Å². The molecule has 8 heteroatoms. The van der Waals surface area contributed by atoms with Crippen molar-refractivity contribution in [1.29, 1.82) is 0 Å². The number of aromatic nitrogens is 4. The zero-order valence-corrected chi connectivity index (χ0v) is 17.4. The molecule has 1 aromatic carbocycles. The molecule has 0 bridgehead atoms. The lowest BCUT2D eigenvalue weighted by Crippen LogP contribution is -2.50. The molecule has 0 unspecified atom stereocenters. The molecule has 29 heavy (non-hydrogen) atoms. The fraction of sp³-hybridized carbons (Fsp3) is 0.333. The predicted molar refractivity (Wildman–Crippen MR) is 115 cm³/mol. The third-order valence-corrected chi connectivity index (χ3v) is 6.24. The van der Waals surface area contributed by atoms with E-state index in [0.29, 0.717) is 0 Å². The van der Waals surface area contributed by atoms with Crippen molar-refractivity contribution in [2.75, 3.05) is 31.1 Å². The summed E-state index contributed by atoms with van der Waals surface area (Å²) in [5.41, 5.74) is 2.17. The number of rotatable bonds is 5. The number of piperazine rings is 1. The van der Waals surface area contributed by atoms with Gasteiger partial charge in [-0.25, -0.2) is 0 Å². The third kappa shape index (κ3) is 4.27. The second kappa shape index (κ2) is 8.65. The molecule has 1 aliphatic heterocycles. The Morgan fingerprint density at radius 2 is 1.69 bits per heavy atom. The van der Waals surface area contributed by atoms with Gasteiger partial charge in [0.25, 0.3) is 0 Å². The summed E-state index contributed by atoms with van der Waals surface area (Å²) in [7, 11) is 1.92. The van der Waals surface area contributed by atoms with E-state index in [1.807, 2.05) is 53.8 Å². The molecule has 2 aromatic heterocycles. The maximum atomic E-state index is 13.0. The fourth-order valence-electron chi connectivity index (χ4n) is 3.46. The molecule has 1 saturated heterocycles. The van der Waals surface area contributed by atoms with Gasteiger partial charge in [0.15, 0.2) is 11.0 Å². The summed E-state index contributed by atoms with van der Waals surface area (Å²) in [6, 6.07) is 14.2. The Morgan fingerprint density at radius 3 is 2.38 bits per heavy atom. The average molecular weight is 409 g/mol. The van der Waals surface area contributed by atoms with Crippen molar-refractivity contribution in [2.24, 2.45) is 7.05 Å². The van der Waals surface area contributed by atoms with Crippen LogP contribution in [-0.4, -0.2) is 62.0 Å². The van der Waals surface area contributed by atoms with Gasteiger partial charge in [-0.05, 0) is 31.2 Å². The van der Waals surface area contributed by atoms with E-state index in [0.717, 1.165) is 42.7 Å². The van der Waals surface area contributed by atoms with Crippen LogP contribution in [0.25, 0.3) is 11.4 Å². The van der Waals surface area contributed by atoms with Gasteiger partial charge >= 0.3 is 0 Å². The SMILES string of the molecule is C[C@@H](Sc1nnc(-c2ccncc2)n1C)C(=O)N1CCN(c2ccccc2)CC1. The first-order valence-electron chi connectivity index (χ1n) is 9.68. The van der Waals surface area contributed by atoms with Gasteiger partial charge in [0.1, 0.15) is 0 Å². The van der Waals surface area contributed by atoms with Gasteiger partial charge < -0.3 is 14.4 Å². The standard InChI is InChI=1S/C21H24N6OS/c1-16(29-21-24-23-19(25(21)2)17-8-10-22-11-9-17)20(28)27-14-12-26(13-15-27)18-6-4-3-5-7-18/h3-11,16H,12-15H2,1-2H3/t16-/m1/s1. The molecule has 3 aromatic rings. The number of hydrogen-bond acceptors (Lipinski definition) is 6. The van der Waals surface area contributed by atoms with E-state index in [4.69, 9.17) is 0 Å². The first-order chi connectivity index (χ1) is 14.1. The molecular formula is C21H24N6OS. The molecule has 0 spiro atoms. The molecule has 150 valence electrons. The van der Waals surface area contributed by atoms with E-state index in [9.17, 15) is 4.79 Å². The van der Waals surface area contributed by atoms with Gasteiger partial charge in [0.2, 0.25) is 5.91 Å². The fourth-order valence-corrected chi connectivity index (χ4v) is 4.36. The average Bonchev–Trinajstić information content (AvgIpc) is 3.14. The zero-order valence-electron chi connectivity index (χ0n) is 16.6. The van der Waals surface area contributed by atoms with Crippen LogP contribution in [0.15, 0.2) is 60.0 Å². The van der Waals surface area contributed by atoms with Crippen LogP contribution >= 0.6 is 11.8 Å². The first-order valence-corrected chi connectivity index (χ1v) is 10.6. The molecule has 1 amide bonds. The van der Waals surface area contributed by atoms with Gasteiger partial charge in [0.05, 0.1) is 5.25 Å². The van der Waals surface area contributed by atoms with Gasteiger partial charge in [0, 0.05) is 56.9 Å². The van der Waals surface area contributed by atoms with Crippen molar-refractivity contribution in [3.8, 4) is 11.4 Å². The summed E-state index contributed by atoms with van der Waals surface area (Å²) in [4.78, 5) is 21.3. The van der Waals surface area contributed by atoms with Crippen molar-refractivity contribution in [3.63, 3.8) is 0 Å². The summed E-state index contributed by atoms with van der Waals surface area (Å²) in [6.45, 7) is 5.11. The summed E-state index contributed by atoms with van der Waals surface area (Å²) < 4.78 is 1.93. The number of benzene rings is 1. The van der Waals surface area contributed by atoms with Crippen LogP contribution in [0.5, 0.6) is 0 Å². The number of anilines is 1. The predicted octanol–water partition coefficient (Wildman–Crippen LogP) is 2.71. The summed E-state index contributed by atoms with van der Waals surface area (Å²) >= 11 is 1.45. The molecule has 1 aliphatic rings. The number of para-hydroxylation sites is 1. The second-order valence-electron chi connectivity index (χ2n) is 7.01. The highest BCUT2D eigenvalue weighted by molar-refractivity contribution is 8.00. The Labute approximate surface area is 174 Å². The van der Waals surface area contributed by atoms with Crippen LogP contribution in [-0.2, 0) is 11.8 Å². The molecule has 0 aliphatic carbocycles. The molecule has 1 fully saturated rings. The van der Waals surface area contributed by atoms with Crippen molar-refractivity contribution in [1.82, 2.24) is 24.6 Å². The van der Waals surface area contributed by atoms with Crippen LogP contribution in [0.1, 0.15) is 6.92 Å². The van der Waals surface area contributed by atoms with E-state index in [2.05, 4.69) is 32.2 Å². The normalized spacial score (nSPS) is 15.4.